The van der Waals surface area contributed by atoms with Crippen LogP contribution in [0.15, 0.2) is 65.6 Å². The van der Waals surface area contributed by atoms with E-state index in [1.165, 1.54) is 16.4 Å². The van der Waals surface area contributed by atoms with Crippen LogP contribution in [0, 0.1) is 19.3 Å². The molecule has 3 aromatic carbocycles. The molecule has 2 saturated heterocycles. The number of para-hydroxylation sites is 1. The molecule has 4 aromatic rings. The molecule has 53 heavy (non-hydrogen) atoms. The number of aryl methyl sites for hydroxylation is 2. The highest BCUT2D eigenvalue weighted by atomic mass is 35.5. The molecule has 0 bridgehead atoms. The number of benzene rings is 3. The molecule has 2 amide bonds. The molecule has 2 aliphatic rings. The van der Waals surface area contributed by atoms with E-state index in [0.717, 1.165) is 22.2 Å². The van der Waals surface area contributed by atoms with Crippen LogP contribution in [0.4, 0.5) is 0 Å². The fourth-order valence-electron chi connectivity index (χ4n) is 6.81. The lowest BCUT2D eigenvalue weighted by molar-refractivity contribution is -0.131. The summed E-state index contributed by atoms with van der Waals surface area (Å²) in [5.41, 5.74) is 9.85. The van der Waals surface area contributed by atoms with Crippen LogP contribution in [0.3, 0.4) is 0 Å². The quantitative estimate of drug-likeness (QED) is 0.124. The van der Waals surface area contributed by atoms with E-state index in [9.17, 15) is 18.0 Å². The molecule has 0 saturated carbocycles. The summed E-state index contributed by atoms with van der Waals surface area (Å²) >= 11 is 13.3. The maximum atomic E-state index is 14.1. The molecule has 4 N–H and O–H groups in total. The van der Waals surface area contributed by atoms with Crippen molar-refractivity contribution >= 4 is 86.6 Å². The Hall–Kier alpha value is -3.65. The zero-order chi connectivity index (χ0) is 36.4. The minimum atomic E-state index is -4.19. The first kappa shape index (κ1) is 42.1. The van der Waals surface area contributed by atoms with Gasteiger partial charge in [0, 0.05) is 52.9 Å². The highest BCUT2D eigenvalue weighted by Gasteiger charge is 2.41. The molecule has 0 unspecified atom stereocenters. The first-order valence-corrected chi connectivity index (χ1v) is 19.0. The van der Waals surface area contributed by atoms with Gasteiger partial charge in [-0.2, -0.15) is 4.31 Å². The summed E-state index contributed by atoms with van der Waals surface area (Å²) in [7, 11) is -4.19. The van der Waals surface area contributed by atoms with E-state index in [0.29, 0.717) is 61.2 Å². The first-order chi connectivity index (χ1) is 24.3. The van der Waals surface area contributed by atoms with Gasteiger partial charge in [-0.05, 0) is 74.9 Å². The molecular weight excluding hydrogens is 782 g/mol. The summed E-state index contributed by atoms with van der Waals surface area (Å²) in [6.07, 6.45) is 2.23. The number of nitrogens with zero attached hydrogens (tertiary/aromatic N) is 3. The number of nitrogen functional groups attached to an aromatic ring is 1. The number of carbonyl (C=O) groups excluding carboxylic acids is 2. The van der Waals surface area contributed by atoms with Gasteiger partial charge in [-0.3, -0.25) is 15.0 Å². The smallest absolute Gasteiger partial charge is 0.245 e. The number of amidine groups is 1. The molecule has 1 atom stereocenters. The molecule has 11 nitrogen and oxygen atoms in total. The number of likely N-dealkylation sites (tertiary alicyclic amines) is 1. The monoisotopic (exact) mass is 822 g/mol. The lowest BCUT2D eigenvalue weighted by Gasteiger charge is -2.33. The third kappa shape index (κ3) is 9.18. The Morgan fingerprint density at radius 2 is 1.70 bits per heavy atom. The first-order valence-electron chi connectivity index (χ1n) is 16.8. The van der Waals surface area contributed by atoms with Crippen molar-refractivity contribution in [1.82, 2.24) is 19.5 Å². The van der Waals surface area contributed by atoms with Gasteiger partial charge >= 0.3 is 0 Å². The van der Waals surface area contributed by atoms with Crippen LogP contribution in [0.1, 0.15) is 53.6 Å². The van der Waals surface area contributed by atoms with Gasteiger partial charge in [0.05, 0.1) is 11.4 Å². The maximum Gasteiger partial charge on any atom is 0.245 e. The Labute approximate surface area is 331 Å². The summed E-state index contributed by atoms with van der Waals surface area (Å²) in [4.78, 5) is 32.8. The van der Waals surface area contributed by atoms with Crippen LogP contribution in [0.25, 0.3) is 10.9 Å². The number of nitrogens with one attached hydrogen (secondary N) is 2. The average Bonchev–Trinajstić information content (AvgIpc) is 3.60. The minimum absolute atomic E-state index is 0. The van der Waals surface area contributed by atoms with E-state index in [1.54, 1.807) is 35.2 Å². The zero-order valence-corrected chi connectivity index (χ0v) is 33.2. The number of fused-ring (bicyclic) bond motifs is 1. The van der Waals surface area contributed by atoms with Crippen molar-refractivity contribution in [3.8, 4) is 5.75 Å². The molecule has 284 valence electrons. The topological polar surface area (TPSA) is 159 Å². The number of halogens is 4. The van der Waals surface area contributed by atoms with Gasteiger partial charge in [0.15, 0.2) is 0 Å². The summed E-state index contributed by atoms with van der Waals surface area (Å²) in [5, 5.41) is 11.7. The second kappa shape index (κ2) is 17.7. The third-order valence-corrected chi connectivity index (χ3v) is 12.4. The van der Waals surface area contributed by atoms with Gasteiger partial charge in [-0.1, -0.05) is 59.6 Å². The Morgan fingerprint density at radius 1 is 1.00 bits per heavy atom. The van der Waals surface area contributed by atoms with Gasteiger partial charge in [0.25, 0.3) is 0 Å². The predicted molar refractivity (Wildman–Crippen MR) is 212 cm³/mol. The third-order valence-electron chi connectivity index (χ3n) is 9.57. The average molecular weight is 825 g/mol. The molecule has 16 heteroatoms. The number of aromatic nitrogens is 1. The van der Waals surface area contributed by atoms with Crippen LogP contribution in [0.2, 0.25) is 10.0 Å². The van der Waals surface area contributed by atoms with Crippen molar-refractivity contribution in [2.75, 3.05) is 19.6 Å². The number of sulfonamides is 1. The van der Waals surface area contributed by atoms with E-state index >= 15 is 0 Å². The normalized spacial score (nSPS) is 16.5. The molecule has 0 spiro atoms. The number of carbonyl (C=O) groups is 2. The molecule has 0 radical (unpaired) electrons. The van der Waals surface area contributed by atoms with E-state index in [1.807, 2.05) is 32.0 Å². The zero-order valence-electron chi connectivity index (χ0n) is 29.2. The fraction of sp³-hybridized carbons (Fsp3) is 0.351. The Balaban J connectivity index is 0.00000314. The number of hydrogen-bond donors (Lipinski definition) is 3. The SMILES string of the molecule is Cc1cc(C)c2cccc(OCc3c(Cl)ccc(S(=O)(=O)N4CCC[C@H]4C(=O)NC4CCN(C(=O)Cc5ccc(C(=N)N)cc5)CC4)c3Cl)c2n1.Cl.Cl. The van der Waals surface area contributed by atoms with Crippen molar-refractivity contribution in [1.29, 1.82) is 5.41 Å². The summed E-state index contributed by atoms with van der Waals surface area (Å²) in [6, 6.07) is 16.4. The fourth-order valence-corrected chi connectivity index (χ4v) is 9.33. The van der Waals surface area contributed by atoms with E-state index < -0.39 is 16.1 Å². The van der Waals surface area contributed by atoms with Crippen LogP contribution in [-0.4, -0.2) is 72.0 Å². The maximum absolute atomic E-state index is 14.1. The highest BCUT2D eigenvalue weighted by molar-refractivity contribution is 7.89. The number of piperidine rings is 1. The standard InChI is InChI=1S/C37H40Cl2N6O5S.2ClH/c1-22-19-23(2)42-35-27(22)5-3-7-31(35)50-21-28-29(38)12-13-32(34(28)39)51(48,49)45-16-4-6-30(45)37(47)43-26-14-17-44(18-15-26)33(46)20-24-8-10-25(11-9-24)36(40)41;;/h3,5,7-13,19,26,30H,4,6,14-18,20-21H2,1-2H3,(H3,40,41)(H,43,47);2*1H/t30-;;/m0../s1. The summed E-state index contributed by atoms with van der Waals surface area (Å²) in [6.45, 7) is 4.94. The molecule has 6 rings (SSSR count). The van der Waals surface area contributed by atoms with Gasteiger partial charge in [0.2, 0.25) is 21.8 Å². The van der Waals surface area contributed by atoms with E-state index in [2.05, 4.69) is 10.3 Å². The predicted octanol–water partition coefficient (Wildman–Crippen LogP) is 6.37. The van der Waals surface area contributed by atoms with Crippen LogP contribution in [0.5, 0.6) is 5.75 Å². The molecule has 2 fully saturated rings. The van der Waals surface area contributed by atoms with E-state index in [4.69, 9.17) is 39.1 Å². The molecule has 2 aliphatic heterocycles. The summed E-state index contributed by atoms with van der Waals surface area (Å²) < 4.78 is 35.5. The largest absolute Gasteiger partial charge is 0.487 e. The van der Waals surface area contributed by atoms with Gasteiger partial charge in [-0.15, -0.1) is 24.8 Å². The molecule has 1 aromatic heterocycles. The number of rotatable bonds is 10. The number of ether oxygens (including phenoxy) is 1. The summed E-state index contributed by atoms with van der Waals surface area (Å²) in [5.74, 6) is 0.104. The Kier molecular flexibility index (Phi) is 14.0. The van der Waals surface area contributed by atoms with Crippen LogP contribution >= 0.6 is 48.0 Å². The molecule has 3 heterocycles. The van der Waals surface area contributed by atoms with Crippen LogP contribution < -0.4 is 15.8 Å². The van der Waals surface area contributed by atoms with E-state index in [-0.39, 0.29) is 83.0 Å². The molecule has 0 aliphatic carbocycles. The lowest BCUT2D eigenvalue weighted by atomic mass is 10.0. The highest BCUT2D eigenvalue weighted by Crippen LogP contribution is 2.37. The van der Waals surface area contributed by atoms with Crippen molar-refractivity contribution in [3.05, 3.63) is 98.7 Å². The van der Waals surface area contributed by atoms with Gasteiger partial charge in [0.1, 0.15) is 34.6 Å². The van der Waals surface area contributed by atoms with Crippen LogP contribution in [-0.2, 0) is 32.6 Å². The van der Waals surface area contributed by atoms with Crippen molar-refractivity contribution in [2.45, 2.75) is 69.5 Å². The van der Waals surface area contributed by atoms with Crippen molar-refractivity contribution < 1.29 is 22.7 Å². The minimum Gasteiger partial charge on any atom is -0.487 e. The number of nitrogens with two attached hydrogens (primary N) is 1. The Morgan fingerprint density at radius 3 is 2.38 bits per heavy atom. The lowest BCUT2D eigenvalue weighted by Crippen LogP contribution is -2.52. The molecular formula is C37H42Cl4N6O5S. The second-order valence-corrected chi connectivity index (χ2v) is 15.7. The van der Waals surface area contributed by atoms with Gasteiger partial charge < -0.3 is 20.7 Å². The Bertz CT molecular complexity index is 2110. The van der Waals surface area contributed by atoms with Gasteiger partial charge in [-0.25, -0.2) is 13.4 Å². The number of hydrogen-bond acceptors (Lipinski definition) is 7. The number of amides is 2. The second-order valence-electron chi connectivity index (χ2n) is 13.1. The van der Waals surface area contributed by atoms with Crippen molar-refractivity contribution in [3.63, 3.8) is 0 Å². The van der Waals surface area contributed by atoms with Crippen molar-refractivity contribution in [2.24, 2.45) is 5.73 Å². The number of pyridine rings is 1.